The Bertz CT molecular complexity index is 1700. The molecule has 1 saturated heterocycles. The normalized spacial score (nSPS) is 14.2. The molecule has 2 aromatic carbocycles. The van der Waals surface area contributed by atoms with E-state index < -0.39 is 51.1 Å². The van der Waals surface area contributed by atoms with Crippen LogP contribution < -0.4 is 5.32 Å². The van der Waals surface area contributed by atoms with Gasteiger partial charge >= 0.3 is 12.1 Å². The third kappa shape index (κ3) is 10.1. The minimum absolute atomic E-state index is 0.0660. The molecule has 1 fully saturated rings. The Morgan fingerprint density at radius 1 is 0.896 bits per heavy atom. The summed E-state index contributed by atoms with van der Waals surface area (Å²) in [4.78, 5) is 64.3. The number of nitrogens with one attached hydrogen (secondary N) is 1. The van der Waals surface area contributed by atoms with Gasteiger partial charge in [-0.15, -0.1) is 0 Å². The van der Waals surface area contributed by atoms with Crippen molar-refractivity contribution in [3.8, 4) is 11.4 Å². The average molecular weight is 680 g/mol. The zero-order chi connectivity index (χ0) is 34.9. The number of benzene rings is 2. The first kappa shape index (κ1) is 36.0. The lowest BCUT2D eigenvalue weighted by Gasteiger charge is -2.36. The van der Waals surface area contributed by atoms with E-state index in [4.69, 9.17) is 9.47 Å². The molecule has 13 nitrogen and oxygen atoms in total. The Labute approximate surface area is 280 Å². The Morgan fingerprint density at radius 3 is 2.10 bits per heavy atom. The summed E-state index contributed by atoms with van der Waals surface area (Å²) in [6.45, 7) is 8.00. The number of rotatable bonds is 11. The van der Waals surface area contributed by atoms with E-state index in [-0.39, 0.29) is 67.7 Å². The number of piperazine rings is 1. The minimum Gasteiger partial charge on any atom is -0.460 e. The molecule has 1 N–H and O–H groups in total. The van der Waals surface area contributed by atoms with Crippen LogP contribution in [0.2, 0.25) is 0 Å². The zero-order valence-corrected chi connectivity index (χ0v) is 28.4. The van der Waals surface area contributed by atoms with E-state index in [1.807, 2.05) is 0 Å². The summed E-state index contributed by atoms with van der Waals surface area (Å²) in [5, 5.41) is 2.72. The zero-order valence-electron chi connectivity index (χ0n) is 27.5. The molecule has 0 radical (unpaired) electrons. The fourth-order valence-electron chi connectivity index (χ4n) is 5.00. The first-order valence-electron chi connectivity index (χ1n) is 15.7. The van der Waals surface area contributed by atoms with E-state index in [1.165, 1.54) is 28.0 Å². The van der Waals surface area contributed by atoms with Crippen LogP contribution in [0.15, 0.2) is 71.6 Å². The molecule has 3 aromatic rings. The van der Waals surface area contributed by atoms with Crippen LogP contribution in [0.3, 0.4) is 0 Å². The summed E-state index contributed by atoms with van der Waals surface area (Å²) in [5.41, 5.74) is -0.245. The summed E-state index contributed by atoms with van der Waals surface area (Å²) in [7, 11) is -3.82. The second-order valence-corrected chi connectivity index (χ2v) is 14.2. The number of hydrogen-bond donors (Lipinski definition) is 1. The molecule has 1 unspecified atom stereocenters. The molecular weight excluding hydrogens is 638 g/mol. The topological polar surface area (TPSA) is 165 Å². The number of hydrogen-bond acceptors (Lipinski definition) is 10. The van der Waals surface area contributed by atoms with E-state index in [0.717, 1.165) is 0 Å². The number of sulfone groups is 1. The first-order chi connectivity index (χ1) is 22.8. The third-order valence-corrected chi connectivity index (χ3v) is 8.93. The standard InChI is InChI=1S/C34H41N5O8S/c1-5-46-33(43)39-20-18-38(19-21-39)32(42)27(16-17-29(40)47-34(2,3)4)37-31(41)28-22-25(23-48(44,45)26-14-10-7-11-15-26)35-30(36-28)24-12-8-6-9-13-24/h6-15,22,27H,5,16-21,23H2,1-4H3,(H,37,41). The van der Waals surface area contributed by atoms with Crippen molar-refractivity contribution in [2.45, 2.75) is 62.8 Å². The smallest absolute Gasteiger partial charge is 0.409 e. The lowest BCUT2D eigenvalue weighted by atomic mass is 10.1. The second-order valence-electron chi connectivity index (χ2n) is 12.2. The fourth-order valence-corrected chi connectivity index (χ4v) is 6.27. The molecule has 48 heavy (non-hydrogen) atoms. The molecule has 0 saturated carbocycles. The van der Waals surface area contributed by atoms with Crippen LogP contribution in [0.1, 0.15) is 56.7 Å². The highest BCUT2D eigenvalue weighted by Gasteiger charge is 2.32. The SMILES string of the molecule is CCOC(=O)N1CCN(C(=O)C(CCC(=O)OC(C)(C)C)NC(=O)c2cc(CS(=O)(=O)c3ccccc3)nc(-c3ccccc3)n2)CC1. The van der Waals surface area contributed by atoms with Crippen molar-refractivity contribution in [1.29, 1.82) is 0 Å². The number of aromatic nitrogens is 2. The van der Waals surface area contributed by atoms with Crippen LogP contribution in [-0.4, -0.2) is 96.5 Å². The van der Waals surface area contributed by atoms with E-state index >= 15 is 0 Å². The predicted octanol–water partition coefficient (Wildman–Crippen LogP) is 3.64. The molecule has 1 atom stereocenters. The van der Waals surface area contributed by atoms with Gasteiger partial charge in [-0.05, 0) is 52.3 Å². The Morgan fingerprint density at radius 2 is 1.50 bits per heavy atom. The monoisotopic (exact) mass is 679 g/mol. The predicted molar refractivity (Wildman–Crippen MR) is 176 cm³/mol. The minimum atomic E-state index is -3.82. The molecule has 256 valence electrons. The van der Waals surface area contributed by atoms with Crippen LogP contribution >= 0.6 is 0 Å². The maximum absolute atomic E-state index is 13.8. The molecular formula is C34H41N5O8S. The number of nitrogens with zero attached hydrogens (tertiary/aromatic N) is 4. The Hall–Kier alpha value is -4.85. The van der Waals surface area contributed by atoms with Crippen LogP contribution in [0.25, 0.3) is 11.4 Å². The second kappa shape index (κ2) is 15.8. The highest BCUT2D eigenvalue weighted by molar-refractivity contribution is 7.90. The van der Waals surface area contributed by atoms with Crippen molar-refractivity contribution in [1.82, 2.24) is 25.1 Å². The molecule has 1 aliphatic rings. The van der Waals surface area contributed by atoms with Gasteiger partial charge in [-0.2, -0.15) is 0 Å². The number of carbonyl (C=O) groups is 4. The van der Waals surface area contributed by atoms with E-state index in [1.54, 1.807) is 76.2 Å². The molecule has 0 spiro atoms. The lowest BCUT2D eigenvalue weighted by molar-refractivity contribution is -0.155. The Balaban J connectivity index is 1.61. The third-order valence-electron chi connectivity index (χ3n) is 7.26. The van der Waals surface area contributed by atoms with Crippen LogP contribution in [0.4, 0.5) is 4.79 Å². The number of ether oxygens (including phenoxy) is 2. The molecule has 0 aliphatic carbocycles. The maximum Gasteiger partial charge on any atom is 0.409 e. The van der Waals surface area contributed by atoms with Gasteiger partial charge in [0.25, 0.3) is 5.91 Å². The van der Waals surface area contributed by atoms with E-state index in [2.05, 4.69) is 15.3 Å². The highest BCUT2D eigenvalue weighted by atomic mass is 32.2. The maximum atomic E-state index is 13.8. The molecule has 3 amide bonds. The van der Waals surface area contributed by atoms with Gasteiger partial charge in [-0.25, -0.2) is 23.2 Å². The summed E-state index contributed by atoms with van der Waals surface area (Å²) in [6.07, 6.45) is -0.692. The van der Waals surface area contributed by atoms with Crippen molar-refractivity contribution in [2.24, 2.45) is 0 Å². The summed E-state index contributed by atoms with van der Waals surface area (Å²) < 4.78 is 37.0. The molecule has 0 bridgehead atoms. The summed E-state index contributed by atoms with van der Waals surface area (Å²) in [6, 6.07) is 16.8. The van der Waals surface area contributed by atoms with Gasteiger partial charge in [0.15, 0.2) is 15.7 Å². The number of esters is 1. The molecule has 4 rings (SSSR count). The molecule has 2 heterocycles. The van der Waals surface area contributed by atoms with Crippen LogP contribution in [-0.2, 0) is 34.7 Å². The Kier molecular flexibility index (Phi) is 11.9. The fraction of sp³-hybridized carbons (Fsp3) is 0.412. The highest BCUT2D eigenvalue weighted by Crippen LogP contribution is 2.21. The van der Waals surface area contributed by atoms with Gasteiger partial charge < -0.3 is 24.6 Å². The van der Waals surface area contributed by atoms with Crippen molar-refractivity contribution in [3.63, 3.8) is 0 Å². The first-order valence-corrected chi connectivity index (χ1v) is 17.4. The molecule has 1 aromatic heterocycles. The van der Waals surface area contributed by atoms with Crippen molar-refractivity contribution < 1.29 is 37.1 Å². The lowest BCUT2D eigenvalue weighted by Crippen LogP contribution is -2.56. The van der Waals surface area contributed by atoms with Gasteiger partial charge in [0.2, 0.25) is 5.91 Å². The summed E-state index contributed by atoms with van der Waals surface area (Å²) in [5.74, 6) is -2.09. The average Bonchev–Trinajstić information content (AvgIpc) is 3.06. The number of amides is 3. The van der Waals surface area contributed by atoms with Gasteiger partial charge in [-0.3, -0.25) is 14.4 Å². The van der Waals surface area contributed by atoms with Gasteiger partial charge in [0, 0.05) is 38.2 Å². The van der Waals surface area contributed by atoms with E-state index in [9.17, 15) is 27.6 Å². The van der Waals surface area contributed by atoms with Crippen LogP contribution in [0.5, 0.6) is 0 Å². The van der Waals surface area contributed by atoms with Gasteiger partial charge in [0.1, 0.15) is 17.3 Å². The van der Waals surface area contributed by atoms with Crippen LogP contribution in [0, 0.1) is 0 Å². The molecule has 1 aliphatic heterocycles. The van der Waals surface area contributed by atoms with Crippen molar-refractivity contribution in [2.75, 3.05) is 32.8 Å². The van der Waals surface area contributed by atoms with Gasteiger partial charge in [-0.1, -0.05) is 48.5 Å². The number of carbonyl (C=O) groups excluding carboxylic acids is 4. The van der Waals surface area contributed by atoms with Crippen molar-refractivity contribution >= 4 is 33.7 Å². The van der Waals surface area contributed by atoms with Gasteiger partial charge in [0.05, 0.1) is 22.9 Å². The van der Waals surface area contributed by atoms with Crippen molar-refractivity contribution in [3.05, 3.63) is 78.1 Å². The van der Waals surface area contributed by atoms with E-state index in [0.29, 0.717) is 5.56 Å². The summed E-state index contributed by atoms with van der Waals surface area (Å²) >= 11 is 0. The largest absolute Gasteiger partial charge is 0.460 e. The quantitative estimate of drug-likeness (QED) is 0.296. The molecule has 14 heteroatoms.